The van der Waals surface area contributed by atoms with E-state index in [0.29, 0.717) is 48.7 Å². The Hall–Kier alpha value is -3.42. The van der Waals surface area contributed by atoms with E-state index >= 15 is 0 Å². The molecular weight excluding hydrogens is 420 g/mol. The highest BCUT2D eigenvalue weighted by molar-refractivity contribution is 5.77. The van der Waals surface area contributed by atoms with Crippen LogP contribution in [-0.4, -0.2) is 45.6 Å². The Kier molecular flexibility index (Phi) is 8.80. The number of aryl methyl sites for hydroxylation is 1. The lowest BCUT2D eigenvalue weighted by molar-refractivity contribution is -0.132. The molecule has 0 spiro atoms. The van der Waals surface area contributed by atoms with E-state index in [1.807, 2.05) is 38.1 Å². The summed E-state index contributed by atoms with van der Waals surface area (Å²) in [5.74, 6) is 1.36. The van der Waals surface area contributed by atoms with Crippen LogP contribution in [0.25, 0.3) is 10.9 Å². The second-order valence-electron chi connectivity index (χ2n) is 7.76. The second-order valence-corrected chi connectivity index (χ2v) is 7.76. The van der Waals surface area contributed by atoms with Crippen molar-refractivity contribution in [2.45, 2.75) is 53.1 Å². The van der Waals surface area contributed by atoms with Gasteiger partial charge in [0.25, 0.3) is 5.56 Å². The molecule has 1 aromatic heterocycles. The van der Waals surface area contributed by atoms with Crippen molar-refractivity contribution in [2.75, 3.05) is 19.8 Å². The van der Waals surface area contributed by atoms with Gasteiger partial charge in [-0.1, -0.05) is 37.3 Å². The monoisotopic (exact) mass is 452 g/mol. The van der Waals surface area contributed by atoms with Gasteiger partial charge in [-0.15, -0.1) is 5.10 Å². The SMILES string of the molecule is CCCOc1ccc(CN(CCC)C(=O)CCn2nnc3ccccc3c2=O)cc1OCC. The molecular formula is C25H32N4O4. The molecule has 0 N–H and O–H groups in total. The molecule has 0 aliphatic rings. The van der Waals surface area contributed by atoms with Crippen molar-refractivity contribution in [1.29, 1.82) is 0 Å². The topological polar surface area (TPSA) is 86.5 Å². The summed E-state index contributed by atoms with van der Waals surface area (Å²) in [6.45, 7) is 8.44. The molecule has 0 radical (unpaired) electrons. The maximum Gasteiger partial charge on any atom is 0.277 e. The third kappa shape index (κ3) is 6.31. The van der Waals surface area contributed by atoms with Crippen LogP contribution in [-0.2, 0) is 17.9 Å². The maximum atomic E-state index is 13.0. The first-order chi connectivity index (χ1) is 16.1. The molecule has 3 aromatic rings. The Morgan fingerprint density at radius 2 is 1.85 bits per heavy atom. The van der Waals surface area contributed by atoms with Crippen LogP contribution >= 0.6 is 0 Å². The zero-order valence-corrected chi connectivity index (χ0v) is 19.6. The molecule has 33 heavy (non-hydrogen) atoms. The Bertz CT molecular complexity index is 1130. The smallest absolute Gasteiger partial charge is 0.277 e. The zero-order valence-electron chi connectivity index (χ0n) is 19.6. The minimum atomic E-state index is -0.237. The molecule has 0 saturated heterocycles. The number of hydrogen-bond donors (Lipinski definition) is 0. The fourth-order valence-electron chi connectivity index (χ4n) is 3.56. The molecule has 1 heterocycles. The summed E-state index contributed by atoms with van der Waals surface area (Å²) in [4.78, 5) is 27.5. The number of carbonyl (C=O) groups is 1. The molecule has 1 amide bonds. The third-order valence-corrected chi connectivity index (χ3v) is 5.16. The molecule has 0 aliphatic carbocycles. The van der Waals surface area contributed by atoms with E-state index in [4.69, 9.17) is 9.47 Å². The second kappa shape index (κ2) is 12.0. The fourth-order valence-corrected chi connectivity index (χ4v) is 3.56. The van der Waals surface area contributed by atoms with E-state index in [9.17, 15) is 9.59 Å². The number of rotatable bonds is 12. The predicted octanol–water partition coefficient (Wildman–Crippen LogP) is 3.81. The molecule has 8 heteroatoms. The molecule has 176 valence electrons. The van der Waals surface area contributed by atoms with Gasteiger partial charge in [-0.05, 0) is 49.6 Å². The summed E-state index contributed by atoms with van der Waals surface area (Å²) in [5, 5.41) is 8.57. The number of amides is 1. The summed E-state index contributed by atoms with van der Waals surface area (Å²) in [7, 11) is 0. The average Bonchev–Trinajstić information content (AvgIpc) is 2.83. The van der Waals surface area contributed by atoms with Gasteiger partial charge >= 0.3 is 0 Å². The van der Waals surface area contributed by atoms with Crippen molar-refractivity contribution in [2.24, 2.45) is 0 Å². The number of carbonyl (C=O) groups excluding carboxylic acids is 1. The number of hydrogen-bond acceptors (Lipinski definition) is 6. The van der Waals surface area contributed by atoms with Crippen molar-refractivity contribution < 1.29 is 14.3 Å². The Morgan fingerprint density at radius 1 is 1.03 bits per heavy atom. The van der Waals surface area contributed by atoms with E-state index in [0.717, 1.165) is 18.4 Å². The number of nitrogens with zero attached hydrogens (tertiary/aromatic N) is 4. The molecule has 3 rings (SSSR count). The first kappa shape index (κ1) is 24.2. The van der Waals surface area contributed by atoms with Crippen molar-refractivity contribution in [3.05, 3.63) is 58.4 Å². The van der Waals surface area contributed by atoms with E-state index in [2.05, 4.69) is 17.2 Å². The molecule has 0 atom stereocenters. The first-order valence-corrected chi connectivity index (χ1v) is 11.6. The highest BCUT2D eigenvalue weighted by Crippen LogP contribution is 2.29. The van der Waals surface area contributed by atoms with Gasteiger partial charge in [0.05, 0.1) is 25.1 Å². The Labute approximate surface area is 194 Å². The standard InChI is InChI=1S/C25H32N4O4/c1-4-14-28(18-19-11-12-22(33-16-5-2)23(17-19)32-6-3)24(30)13-15-29-25(31)20-9-7-8-10-21(20)26-27-29/h7-12,17H,4-6,13-16,18H2,1-3H3. The highest BCUT2D eigenvalue weighted by atomic mass is 16.5. The van der Waals surface area contributed by atoms with Crippen molar-refractivity contribution in [3.63, 3.8) is 0 Å². The molecule has 0 bridgehead atoms. The quantitative estimate of drug-likeness (QED) is 0.415. The van der Waals surface area contributed by atoms with Crippen LogP contribution in [0, 0.1) is 0 Å². The van der Waals surface area contributed by atoms with Gasteiger partial charge in [0, 0.05) is 19.5 Å². The van der Waals surface area contributed by atoms with Crippen LogP contribution in [0.1, 0.15) is 45.6 Å². The van der Waals surface area contributed by atoms with Gasteiger partial charge in [0.1, 0.15) is 5.52 Å². The number of benzene rings is 2. The van der Waals surface area contributed by atoms with Gasteiger partial charge in [-0.2, -0.15) is 0 Å². The minimum Gasteiger partial charge on any atom is -0.490 e. The molecule has 8 nitrogen and oxygen atoms in total. The number of aromatic nitrogens is 3. The van der Waals surface area contributed by atoms with Crippen LogP contribution in [0.15, 0.2) is 47.3 Å². The van der Waals surface area contributed by atoms with Gasteiger partial charge in [-0.25, -0.2) is 4.68 Å². The normalized spacial score (nSPS) is 10.9. The van der Waals surface area contributed by atoms with E-state index < -0.39 is 0 Å². The molecule has 2 aromatic carbocycles. The highest BCUT2D eigenvalue weighted by Gasteiger charge is 2.16. The maximum absolute atomic E-state index is 13.0. The average molecular weight is 453 g/mol. The summed E-state index contributed by atoms with van der Waals surface area (Å²) >= 11 is 0. The summed E-state index contributed by atoms with van der Waals surface area (Å²) in [5.41, 5.74) is 1.28. The zero-order chi connectivity index (χ0) is 23.6. The van der Waals surface area contributed by atoms with Crippen LogP contribution < -0.4 is 15.0 Å². The first-order valence-electron chi connectivity index (χ1n) is 11.6. The summed E-state index contributed by atoms with van der Waals surface area (Å²) in [6.07, 6.45) is 1.91. The van der Waals surface area contributed by atoms with Crippen molar-refractivity contribution in [3.8, 4) is 11.5 Å². The van der Waals surface area contributed by atoms with Gasteiger partial charge < -0.3 is 14.4 Å². The van der Waals surface area contributed by atoms with Gasteiger partial charge in [-0.3, -0.25) is 9.59 Å². The molecule has 0 saturated carbocycles. The van der Waals surface area contributed by atoms with E-state index in [-0.39, 0.29) is 24.4 Å². The fraction of sp³-hybridized carbons (Fsp3) is 0.440. The van der Waals surface area contributed by atoms with E-state index in [1.54, 1.807) is 23.1 Å². The third-order valence-electron chi connectivity index (χ3n) is 5.16. The van der Waals surface area contributed by atoms with Crippen LogP contribution in [0.2, 0.25) is 0 Å². The molecule has 0 unspecified atom stereocenters. The van der Waals surface area contributed by atoms with Gasteiger partial charge in [0.2, 0.25) is 5.91 Å². The summed E-state index contributed by atoms with van der Waals surface area (Å²) in [6, 6.07) is 12.9. The largest absolute Gasteiger partial charge is 0.490 e. The van der Waals surface area contributed by atoms with Crippen LogP contribution in [0.3, 0.4) is 0 Å². The number of ether oxygens (including phenoxy) is 2. The number of fused-ring (bicyclic) bond motifs is 1. The lowest BCUT2D eigenvalue weighted by Crippen LogP contribution is -2.33. The molecule has 0 aliphatic heterocycles. The molecule has 0 fully saturated rings. The minimum absolute atomic E-state index is 0.0389. The van der Waals surface area contributed by atoms with Gasteiger partial charge in [0.15, 0.2) is 11.5 Å². The summed E-state index contributed by atoms with van der Waals surface area (Å²) < 4.78 is 12.8. The Balaban J connectivity index is 1.71. The predicted molar refractivity (Wildman–Crippen MR) is 128 cm³/mol. The van der Waals surface area contributed by atoms with E-state index in [1.165, 1.54) is 4.68 Å². The van der Waals surface area contributed by atoms with Crippen LogP contribution in [0.5, 0.6) is 11.5 Å². The van der Waals surface area contributed by atoms with Crippen LogP contribution in [0.4, 0.5) is 0 Å². The van der Waals surface area contributed by atoms with Crippen molar-refractivity contribution >= 4 is 16.8 Å². The van der Waals surface area contributed by atoms with Crippen molar-refractivity contribution in [1.82, 2.24) is 19.9 Å². The Morgan fingerprint density at radius 3 is 2.61 bits per heavy atom. The lowest BCUT2D eigenvalue weighted by Gasteiger charge is -2.23. The lowest BCUT2D eigenvalue weighted by atomic mass is 10.1.